The van der Waals surface area contributed by atoms with E-state index in [0.29, 0.717) is 10.6 Å². The molecule has 0 N–H and O–H groups in total. The van der Waals surface area contributed by atoms with Gasteiger partial charge in [0.25, 0.3) is 0 Å². The summed E-state index contributed by atoms with van der Waals surface area (Å²) in [5, 5.41) is 3.46. The molecule has 23 heavy (non-hydrogen) atoms. The van der Waals surface area contributed by atoms with Gasteiger partial charge in [-0.3, -0.25) is 0 Å². The van der Waals surface area contributed by atoms with Crippen LogP contribution in [0.4, 0.5) is 26.3 Å². The van der Waals surface area contributed by atoms with Gasteiger partial charge < -0.3 is 0 Å². The first-order chi connectivity index (χ1) is 10.7. The summed E-state index contributed by atoms with van der Waals surface area (Å²) in [6, 6.07) is 6.38. The Hall–Kier alpha value is -2.58. The predicted octanol–water partition coefficient (Wildman–Crippen LogP) is 4.19. The Balaban J connectivity index is 2.25. The quantitative estimate of drug-likeness (QED) is 0.659. The molecule has 2 heterocycles. The van der Waals surface area contributed by atoms with Gasteiger partial charge in [0.1, 0.15) is 11.5 Å². The SMILES string of the molecule is Fc1ccc(-c2cc(C(F)(F)C(F)(F)F)n3nccc3n2)cc1. The van der Waals surface area contributed by atoms with E-state index >= 15 is 0 Å². The fraction of sp³-hybridized carbons (Fsp3) is 0.143. The Morgan fingerprint density at radius 1 is 0.913 bits per heavy atom. The van der Waals surface area contributed by atoms with E-state index in [-0.39, 0.29) is 16.9 Å². The minimum atomic E-state index is -5.78. The van der Waals surface area contributed by atoms with Gasteiger partial charge in [-0.2, -0.15) is 27.1 Å². The summed E-state index contributed by atoms with van der Waals surface area (Å²) in [5.41, 5.74) is -1.48. The van der Waals surface area contributed by atoms with Crippen molar-refractivity contribution in [2.75, 3.05) is 0 Å². The van der Waals surface area contributed by atoms with Crippen LogP contribution >= 0.6 is 0 Å². The summed E-state index contributed by atoms with van der Waals surface area (Å²) in [7, 11) is 0. The van der Waals surface area contributed by atoms with Gasteiger partial charge in [0.2, 0.25) is 0 Å². The standard InChI is InChI=1S/C14H7F6N3/c15-9-3-1-8(2-4-9)10-7-11(13(16,17)14(18,19)20)23-12(22-10)5-6-21-23/h1-7H. The minimum Gasteiger partial charge on any atom is -0.229 e. The number of nitrogens with zero attached hydrogens (tertiary/aromatic N) is 3. The molecule has 2 aromatic heterocycles. The van der Waals surface area contributed by atoms with Crippen LogP contribution in [0.2, 0.25) is 0 Å². The Labute approximate surface area is 125 Å². The molecule has 0 aliphatic heterocycles. The Morgan fingerprint density at radius 3 is 2.17 bits per heavy atom. The highest BCUT2D eigenvalue weighted by atomic mass is 19.4. The zero-order valence-corrected chi connectivity index (χ0v) is 11.2. The molecule has 120 valence electrons. The van der Waals surface area contributed by atoms with Gasteiger partial charge in [-0.1, -0.05) is 0 Å². The second-order valence-corrected chi connectivity index (χ2v) is 4.71. The molecular formula is C14H7F6N3. The molecule has 3 nitrogen and oxygen atoms in total. The van der Waals surface area contributed by atoms with Gasteiger partial charge in [-0.05, 0) is 30.3 Å². The molecule has 0 aliphatic rings. The minimum absolute atomic E-state index is 0.142. The molecule has 0 amide bonds. The maximum atomic E-state index is 13.8. The fourth-order valence-electron chi connectivity index (χ4n) is 2.05. The van der Waals surface area contributed by atoms with E-state index in [1.807, 2.05) is 0 Å². The topological polar surface area (TPSA) is 30.2 Å². The lowest BCUT2D eigenvalue weighted by molar-refractivity contribution is -0.291. The van der Waals surface area contributed by atoms with Crippen molar-refractivity contribution in [3.63, 3.8) is 0 Å². The number of hydrogen-bond acceptors (Lipinski definition) is 2. The Bertz CT molecular complexity index is 851. The summed E-state index contributed by atoms with van der Waals surface area (Å²) >= 11 is 0. The smallest absolute Gasteiger partial charge is 0.229 e. The lowest BCUT2D eigenvalue weighted by Crippen LogP contribution is -2.35. The zero-order chi connectivity index (χ0) is 16.8. The molecule has 3 aromatic rings. The maximum absolute atomic E-state index is 13.8. The second kappa shape index (κ2) is 4.97. The molecule has 0 radical (unpaired) electrons. The van der Waals surface area contributed by atoms with Crippen molar-refractivity contribution in [2.45, 2.75) is 12.1 Å². The lowest BCUT2D eigenvalue weighted by Gasteiger charge is -2.21. The monoisotopic (exact) mass is 331 g/mol. The summed E-state index contributed by atoms with van der Waals surface area (Å²) in [6.07, 6.45) is -4.72. The van der Waals surface area contributed by atoms with Gasteiger partial charge in [0.15, 0.2) is 5.65 Å². The van der Waals surface area contributed by atoms with Crippen LogP contribution in [0.3, 0.4) is 0 Å². The summed E-state index contributed by atoms with van der Waals surface area (Å²) < 4.78 is 78.9. The number of rotatable bonds is 2. The molecule has 9 heteroatoms. The van der Waals surface area contributed by atoms with Gasteiger partial charge in [0, 0.05) is 11.6 Å². The molecular weight excluding hydrogens is 324 g/mol. The third kappa shape index (κ3) is 2.51. The molecule has 0 bridgehead atoms. The maximum Gasteiger partial charge on any atom is 0.459 e. The summed E-state index contributed by atoms with van der Waals surface area (Å²) in [4.78, 5) is 3.97. The fourth-order valence-corrected chi connectivity index (χ4v) is 2.05. The van der Waals surface area contributed by atoms with Gasteiger partial charge in [0.05, 0.1) is 11.9 Å². The van der Waals surface area contributed by atoms with Crippen molar-refractivity contribution in [1.29, 1.82) is 0 Å². The molecule has 0 fully saturated rings. The van der Waals surface area contributed by atoms with E-state index in [0.717, 1.165) is 18.3 Å². The molecule has 1 aromatic carbocycles. The largest absolute Gasteiger partial charge is 0.459 e. The Kier molecular flexibility index (Phi) is 3.31. The lowest BCUT2D eigenvalue weighted by atomic mass is 10.1. The molecule has 3 rings (SSSR count). The van der Waals surface area contributed by atoms with Crippen LogP contribution in [0.1, 0.15) is 5.69 Å². The number of aromatic nitrogens is 3. The van der Waals surface area contributed by atoms with Crippen LogP contribution in [-0.4, -0.2) is 20.8 Å². The first kappa shape index (κ1) is 15.3. The highest BCUT2D eigenvalue weighted by Crippen LogP contribution is 2.44. The van der Waals surface area contributed by atoms with Crippen molar-refractivity contribution >= 4 is 5.65 Å². The van der Waals surface area contributed by atoms with E-state index in [1.54, 1.807) is 0 Å². The van der Waals surface area contributed by atoms with Gasteiger partial charge in [-0.15, -0.1) is 0 Å². The molecule has 0 spiro atoms. The van der Waals surface area contributed by atoms with Crippen LogP contribution < -0.4 is 0 Å². The molecule has 0 aliphatic carbocycles. The highest BCUT2D eigenvalue weighted by Gasteiger charge is 2.60. The van der Waals surface area contributed by atoms with Crippen molar-refractivity contribution in [3.05, 3.63) is 54.1 Å². The number of fused-ring (bicyclic) bond motifs is 1. The predicted molar refractivity (Wildman–Crippen MR) is 68.3 cm³/mol. The normalized spacial score (nSPS) is 12.8. The number of alkyl halides is 5. The van der Waals surface area contributed by atoms with E-state index in [4.69, 9.17) is 0 Å². The second-order valence-electron chi connectivity index (χ2n) is 4.71. The molecule has 0 saturated carbocycles. The highest BCUT2D eigenvalue weighted by molar-refractivity contribution is 5.62. The number of benzene rings is 1. The van der Waals surface area contributed by atoms with E-state index in [9.17, 15) is 26.3 Å². The van der Waals surface area contributed by atoms with Crippen molar-refractivity contribution < 1.29 is 26.3 Å². The third-order valence-electron chi connectivity index (χ3n) is 3.18. The van der Waals surface area contributed by atoms with E-state index < -0.39 is 23.6 Å². The van der Waals surface area contributed by atoms with Crippen LogP contribution in [0.25, 0.3) is 16.9 Å². The van der Waals surface area contributed by atoms with Crippen molar-refractivity contribution in [2.24, 2.45) is 0 Å². The van der Waals surface area contributed by atoms with Crippen LogP contribution in [0, 0.1) is 5.82 Å². The van der Waals surface area contributed by atoms with Crippen LogP contribution in [-0.2, 0) is 5.92 Å². The number of halogens is 6. The molecule has 0 unspecified atom stereocenters. The van der Waals surface area contributed by atoms with Gasteiger partial charge >= 0.3 is 12.1 Å². The van der Waals surface area contributed by atoms with Crippen LogP contribution in [0.15, 0.2) is 42.6 Å². The molecule has 0 atom stereocenters. The average molecular weight is 331 g/mol. The first-order valence-electron chi connectivity index (χ1n) is 6.26. The van der Waals surface area contributed by atoms with E-state index in [1.165, 1.54) is 18.2 Å². The third-order valence-corrected chi connectivity index (χ3v) is 3.18. The average Bonchev–Trinajstić information content (AvgIpc) is 2.94. The number of hydrogen-bond donors (Lipinski definition) is 0. The zero-order valence-electron chi connectivity index (χ0n) is 11.2. The van der Waals surface area contributed by atoms with E-state index in [2.05, 4.69) is 10.1 Å². The van der Waals surface area contributed by atoms with Crippen molar-refractivity contribution in [3.8, 4) is 11.3 Å². The summed E-state index contributed by atoms with van der Waals surface area (Å²) in [6.45, 7) is 0. The first-order valence-corrected chi connectivity index (χ1v) is 6.26. The summed E-state index contributed by atoms with van der Waals surface area (Å²) in [5.74, 6) is -5.69. The Morgan fingerprint density at radius 2 is 1.57 bits per heavy atom. The van der Waals surface area contributed by atoms with Crippen LogP contribution in [0.5, 0.6) is 0 Å². The van der Waals surface area contributed by atoms with Crippen molar-refractivity contribution in [1.82, 2.24) is 14.6 Å². The van der Waals surface area contributed by atoms with Gasteiger partial charge in [-0.25, -0.2) is 13.9 Å². The molecule has 0 saturated heterocycles.